The molecule has 0 aromatic heterocycles. The number of carboxylic acid groups (broad SMARTS) is 1. The number of carbonyl (C=O) groups is 2. The Balaban J connectivity index is 2.32. The minimum absolute atomic E-state index is 0.140. The van der Waals surface area contributed by atoms with Crippen LogP contribution in [0.4, 0.5) is 0 Å². The molecule has 116 valence electrons. The highest BCUT2D eigenvalue weighted by Crippen LogP contribution is 2.04. The van der Waals surface area contributed by atoms with E-state index in [1.807, 2.05) is 30.3 Å². The van der Waals surface area contributed by atoms with E-state index in [1.54, 1.807) is 0 Å². The second kappa shape index (κ2) is 9.10. The summed E-state index contributed by atoms with van der Waals surface area (Å²) in [6, 6.07) is 9.17. The Labute approximate surface area is 124 Å². The van der Waals surface area contributed by atoms with Crippen LogP contribution in [0, 0.1) is 0 Å². The van der Waals surface area contributed by atoms with E-state index in [0.29, 0.717) is 6.42 Å². The number of aliphatic carboxylic acids is 1. The molecule has 2 atom stereocenters. The van der Waals surface area contributed by atoms with Crippen molar-refractivity contribution in [1.82, 2.24) is 5.32 Å². The van der Waals surface area contributed by atoms with E-state index >= 15 is 0 Å². The quantitative estimate of drug-likeness (QED) is 0.617. The molecule has 0 heterocycles. The van der Waals surface area contributed by atoms with Gasteiger partial charge >= 0.3 is 5.97 Å². The van der Waals surface area contributed by atoms with Crippen molar-refractivity contribution in [2.75, 3.05) is 13.7 Å². The number of benzene rings is 1. The molecule has 1 aromatic rings. The summed E-state index contributed by atoms with van der Waals surface area (Å²) in [5.74, 6) is -1.26. The Kier molecular flexibility index (Phi) is 7.42. The number of methoxy groups -OCH3 is 1. The number of aryl methyl sites for hydroxylation is 1. The highest BCUT2D eigenvalue weighted by atomic mass is 16.5. The van der Waals surface area contributed by atoms with E-state index in [0.717, 1.165) is 12.0 Å². The zero-order chi connectivity index (χ0) is 15.7. The number of rotatable bonds is 9. The monoisotopic (exact) mass is 294 g/mol. The Morgan fingerprint density at radius 1 is 1.33 bits per heavy atom. The molecule has 1 rings (SSSR count). The topological polar surface area (TPSA) is 102 Å². The summed E-state index contributed by atoms with van der Waals surface area (Å²) < 4.78 is 4.98. The van der Waals surface area contributed by atoms with E-state index < -0.39 is 18.1 Å². The lowest BCUT2D eigenvalue weighted by Crippen LogP contribution is -2.44. The minimum atomic E-state index is -0.968. The van der Waals surface area contributed by atoms with Crippen LogP contribution >= 0.6 is 0 Å². The summed E-state index contributed by atoms with van der Waals surface area (Å²) in [4.78, 5) is 22.4. The molecule has 0 radical (unpaired) electrons. The van der Waals surface area contributed by atoms with Crippen molar-refractivity contribution >= 4 is 11.9 Å². The molecule has 0 aliphatic rings. The maximum atomic E-state index is 11.8. The first-order chi connectivity index (χ1) is 10.0. The van der Waals surface area contributed by atoms with Crippen molar-refractivity contribution in [2.24, 2.45) is 5.73 Å². The third-order valence-corrected chi connectivity index (χ3v) is 3.16. The van der Waals surface area contributed by atoms with Gasteiger partial charge in [0.15, 0.2) is 0 Å². The van der Waals surface area contributed by atoms with Crippen molar-refractivity contribution < 1.29 is 19.4 Å². The number of carbonyl (C=O) groups excluding carboxylic acids is 1. The van der Waals surface area contributed by atoms with E-state index in [1.165, 1.54) is 7.11 Å². The number of nitrogens with two attached hydrogens (primary N) is 1. The molecule has 1 amide bonds. The summed E-state index contributed by atoms with van der Waals surface area (Å²) in [7, 11) is 1.41. The molecule has 0 spiro atoms. The standard InChI is InChI=1S/C15H22N2O4/c1-21-12(9-14(18)19)10-17-15(20)13(16)8-7-11-5-3-2-4-6-11/h2-6,12-13H,7-10,16H2,1H3,(H,17,20)(H,18,19)/t12?,13-/m0/s1. The number of hydrogen-bond donors (Lipinski definition) is 3. The Morgan fingerprint density at radius 3 is 2.57 bits per heavy atom. The lowest BCUT2D eigenvalue weighted by molar-refractivity contribution is -0.140. The van der Waals surface area contributed by atoms with E-state index in [-0.39, 0.29) is 18.9 Å². The predicted octanol–water partition coefficient (Wildman–Crippen LogP) is 0.552. The lowest BCUT2D eigenvalue weighted by Gasteiger charge is -2.16. The van der Waals surface area contributed by atoms with Gasteiger partial charge in [-0.15, -0.1) is 0 Å². The molecule has 6 nitrogen and oxygen atoms in total. The molecule has 0 aliphatic heterocycles. The maximum Gasteiger partial charge on any atom is 0.306 e. The van der Waals surface area contributed by atoms with Crippen LogP contribution in [-0.4, -0.2) is 42.8 Å². The van der Waals surface area contributed by atoms with Gasteiger partial charge in [-0.3, -0.25) is 9.59 Å². The lowest BCUT2D eigenvalue weighted by atomic mass is 10.1. The van der Waals surface area contributed by atoms with Gasteiger partial charge in [-0.2, -0.15) is 0 Å². The number of hydrogen-bond acceptors (Lipinski definition) is 4. The number of carboxylic acids is 1. The van der Waals surface area contributed by atoms with Gasteiger partial charge in [-0.05, 0) is 18.4 Å². The van der Waals surface area contributed by atoms with Gasteiger partial charge in [0, 0.05) is 13.7 Å². The Hall–Kier alpha value is -1.92. The molecular formula is C15H22N2O4. The molecule has 1 aromatic carbocycles. The summed E-state index contributed by atoms with van der Waals surface area (Å²) in [5, 5.41) is 11.3. The van der Waals surface area contributed by atoms with Gasteiger partial charge < -0.3 is 20.9 Å². The molecule has 0 saturated heterocycles. The fraction of sp³-hybridized carbons (Fsp3) is 0.467. The predicted molar refractivity (Wildman–Crippen MR) is 78.8 cm³/mol. The first-order valence-electron chi connectivity index (χ1n) is 6.84. The van der Waals surface area contributed by atoms with Crippen LogP contribution in [-0.2, 0) is 20.7 Å². The van der Waals surface area contributed by atoms with Crippen molar-refractivity contribution in [2.45, 2.75) is 31.4 Å². The van der Waals surface area contributed by atoms with E-state index in [4.69, 9.17) is 15.6 Å². The van der Waals surface area contributed by atoms with E-state index in [2.05, 4.69) is 5.32 Å². The second-order valence-electron chi connectivity index (χ2n) is 4.83. The molecular weight excluding hydrogens is 272 g/mol. The van der Waals surface area contributed by atoms with Crippen molar-refractivity contribution in [3.8, 4) is 0 Å². The second-order valence-corrected chi connectivity index (χ2v) is 4.83. The Morgan fingerprint density at radius 2 is 2.00 bits per heavy atom. The third-order valence-electron chi connectivity index (χ3n) is 3.16. The third kappa shape index (κ3) is 6.87. The fourth-order valence-corrected chi connectivity index (χ4v) is 1.88. The number of ether oxygens (including phenoxy) is 1. The summed E-state index contributed by atoms with van der Waals surface area (Å²) in [5.41, 5.74) is 6.95. The van der Waals surface area contributed by atoms with Crippen LogP contribution in [0.5, 0.6) is 0 Å². The van der Waals surface area contributed by atoms with Crippen LogP contribution < -0.4 is 11.1 Å². The van der Waals surface area contributed by atoms with E-state index in [9.17, 15) is 9.59 Å². The van der Waals surface area contributed by atoms with Crippen LogP contribution in [0.3, 0.4) is 0 Å². The largest absolute Gasteiger partial charge is 0.481 e. The normalized spacial score (nSPS) is 13.4. The first-order valence-corrected chi connectivity index (χ1v) is 6.84. The van der Waals surface area contributed by atoms with Crippen molar-refractivity contribution in [3.63, 3.8) is 0 Å². The van der Waals surface area contributed by atoms with Gasteiger partial charge in [0.1, 0.15) is 0 Å². The smallest absolute Gasteiger partial charge is 0.306 e. The fourth-order valence-electron chi connectivity index (χ4n) is 1.88. The molecule has 1 unspecified atom stereocenters. The number of nitrogens with one attached hydrogen (secondary N) is 1. The molecule has 0 saturated carbocycles. The van der Waals surface area contributed by atoms with Gasteiger partial charge in [0.25, 0.3) is 0 Å². The maximum absolute atomic E-state index is 11.8. The van der Waals surface area contributed by atoms with Crippen molar-refractivity contribution in [3.05, 3.63) is 35.9 Å². The van der Waals surface area contributed by atoms with Crippen LogP contribution in [0.15, 0.2) is 30.3 Å². The van der Waals surface area contributed by atoms with Gasteiger partial charge in [0.05, 0.1) is 18.6 Å². The zero-order valence-corrected chi connectivity index (χ0v) is 12.1. The highest BCUT2D eigenvalue weighted by Gasteiger charge is 2.17. The average Bonchev–Trinajstić information content (AvgIpc) is 2.49. The molecule has 21 heavy (non-hydrogen) atoms. The average molecular weight is 294 g/mol. The Bertz CT molecular complexity index is 450. The molecule has 6 heteroatoms. The molecule has 4 N–H and O–H groups in total. The van der Waals surface area contributed by atoms with Crippen molar-refractivity contribution in [1.29, 1.82) is 0 Å². The minimum Gasteiger partial charge on any atom is -0.481 e. The highest BCUT2D eigenvalue weighted by molar-refractivity contribution is 5.81. The molecule has 0 bridgehead atoms. The summed E-state index contributed by atoms with van der Waals surface area (Å²) >= 11 is 0. The summed E-state index contributed by atoms with van der Waals surface area (Å²) in [6.07, 6.45) is 0.550. The zero-order valence-electron chi connectivity index (χ0n) is 12.1. The first kappa shape index (κ1) is 17.1. The van der Waals surface area contributed by atoms with Crippen LogP contribution in [0.2, 0.25) is 0 Å². The molecule has 0 aliphatic carbocycles. The SMILES string of the molecule is COC(CNC(=O)[C@@H](N)CCc1ccccc1)CC(=O)O. The number of amides is 1. The van der Waals surface area contributed by atoms with Gasteiger partial charge in [-0.25, -0.2) is 0 Å². The molecule has 0 fully saturated rings. The van der Waals surface area contributed by atoms with Gasteiger partial charge in [-0.1, -0.05) is 30.3 Å². The van der Waals surface area contributed by atoms with Crippen LogP contribution in [0.1, 0.15) is 18.4 Å². The summed E-state index contributed by atoms with van der Waals surface area (Å²) in [6.45, 7) is 0.140. The van der Waals surface area contributed by atoms with Gasteiger partial charge in [0.2, 0.25) is 5.91 Å². The van der Waals surface area contributed by atoms with Crippen LogP contribution in [0.25, 0.3) is 0 Å².